The van der Waals surface area contributed by atoms with E-state index in [4.69, 9.17) is 0 Å². The molecule has 0 N–H and O–H groups in total. The van der Waals surface area contributed by atoms with Crippen LogP contribution in [0.5, 0.6) is 0 Å². The van der Waals surface area contributed by atoms with E-state index in [0.29, 0.717) is 29.2 Å². The van der Waals surface area contributed by atoms with Crippen molar-refractivity contribution in [1.82, 2.24) is 0 Å². The zero-order chi connectivity index (χ0) is 31.1. The molecule has 42 heavy (non-hydrogen) atoms. The van der Waals surface area contributed by atoms with Crippen molar-refractivity contribution in [1.29, 1.82) is 0 Å². The van der Waals surface area contributed by atoms with Crippen molar-refractivity contribution in [3.63, 3.8) is 0 Å². The number of ether oxygens (including phenoxy) is 1. The molecule has 0 amide bonds. The van der Waals surface area contributed by atoms with Gasteiger partial charge in [0, 0.05) is 23.0 Å². The molecule has 2 aliphatic rings. The van der Waals surface area contributed by atoms with Crippen molar-refractivity contribution in [2.75, 3.05) is 0 Å². The Morgan fingerprint density at radius 1 is 0.833 bits per heavy atom. The summed E-state index contributed by atoms with van der Waals surface area (Å²) in [6.07, 6.45) is -2.97. The molecule has 4 unspecified atom stereocenters. The molecule has 2 aromatic rings. The summed E-state index contributed by atoms with van der Waals surface area (Å²) < 4.78 is 131. The summed E-state index contributed by atoms with van der Waals surface area (Å²) in [7, 11) is 0. The Morgan fingerprint density at radius 2 is 1.45 bits per heavy atom. The molecule has 4 atom stereocenters. The third kappa shape index (κ3) is 6.37. The molecule has 1 nitrogen and oxygen atoms in total. The largest absolute Gasteiger partial charge is 0.573 e. The van der Waals surface area contributed by atoms with Crippen LogP contribution in [0.3, 0.4) is 0 Å². The van der Waals surface area contributed by atoms with Crippen LogP contribution in [0.4, 0.5) is 39.5 Å². The van der Waals surface area contributed by atoms with Crippen LogP contribution in [0.15, 0.2) is 95.3 Å². The lowest BCUT2D eigenvalue weighted by molar-refractivity contribution is -0.306. The first-order chi connectivity index (χ1) is 19.6. The van der Waals surface area contributed by atoms with Gasteiger partial charge in [0.2, 0.25) is 0 Å². The second kappa shape index (κ2) is 11.9. The molecule has 0 bridgehead atoms. The number of hydrogen-bond donors (Lipinski definition) is 0. The maximum Gasteiger partial charge on any atom is 0.573 e. The molecule has 0 aliphatic heterocycles. The molecule has 0 saturated heterocycles. The molecule has 0 radical (unpaired) electrons. The fourth-order valence-corrected chi connectivity index (χ4v) is 5.29. The molecule has 0 spiro atoms. The summed E-state index contributed by atoms with van der Waals surface area (Å²) in [5.41, 5.74) is 0.943. The van der Waals surface area contributed by atoms with Gasteiger partial charge in [0.25, 0.3) is 0 Å². The lowest BCUT2D eigenvalue weighted by Crippen LogP contribution is -2.31. The van der Waals surface area contributed by atoms with Gasteiger partial charge >= 0.3 is 6.36 Å². The van der Waals surface area contributed by atoms with Crippen LogP contribution in [0.2, 0.25) is 0 Å². The number of allylic oxidation sites excluding steroid dienone is 8. The second-order valence-electron chi connectivity index (χ2n) is 10.7. The molecule has 0 aromatic heterocycles. The summed E-state index contributed by atoms with van der Waals surface area (Å²) >= 11 is 0. The molecule has 0 heterocycles. The maximum absolute atomic E-state index is 15.3. The second-order valence-corrected chi connectivity index (χ2v) is 10.7. The smallest absolute Gasteiger partial charge is 0.400 e. The molecular formula is C32H27F9O. The number of halogens is 9. The van der Waals surface area contributed by atoms with Crippen LogP contribution in [-0.4, -0.2) is 6.36 Å². The van der Waals surface area contributed by atoms with Crippen molar-refractivity contribution in [2.24, 2.45) is 23.7 Å². The van der Waals surface area contributed by atoms with Gasteiger partial charge in [-0.05, 0) is 58.7 Å². The first-order valence-corrected chi connectivity index (χ1v) is 13.2. The Morgan fingerprint density at radius 3 is 2.00 bits per heavy atom. The normalized spacial score (nSPS) is 23.8. The number of benzene rings is 2. The molecule has 0 fully saturated rings. The molecule has 224 valence electrons. The predicted octanol–water partition coefficient (Wildman–Crippen LogP) is 11.1. The summed E-state index contributed by atoms with van der Waals surface area (Å²) in [5.74, 6) is -14.8. The minimum atomic E-state index is -5.35. The minimum Gasteiger partial charge on any atom is -0.400 e. The van der Waals surface area contributed by atoms with Gasteiger partial charge in [-0.15, -0.1) is 13.2 Å². The number of alkyl halides is 3. The van der Waals surface area contributed by atoms with E-state index in [1.165, 1.54) is 13.0 Å². The van der Waals surface area contributed by atoms with Crippen molar-refractivity contribution in [3.05, 3.63) is 112 Å². The van der Waals surface area contributed by atoms with Crippen LogP contribution in [0.25, 0.3) is 17.0 Å². The van der Waals surface area contributed by atoms with Gasteiger partial charge < -0.3 is 4.74 Å². The Hall–Kier alpha value is -3.69. The SMILES string of the molecule is CC(C)c1ccc(-c2ccc(/C(F)=C(\F)C3=CC(C)C(C4C=C(F)C(OC(F)(F)F)=C(F)C4C)C(F)=C3)c(F)c2)cc1. The van der Waals surface area contributed by atoms with E-state index in [0.717, 1.165) is 30.7 Å². The van der Waals surface area contributed by atoms with Gasteiger partial charge in [-0.1, -0.05) is 64.1 Å². The fraction of sp³-hybridized carbons (Fsp3) is 0.312. The van der Waals surface area contributed by atoms with E-state index < -0.39 is 81.9 Å². The summed E-state index contributed by atoms with van der Waals surface area (Å²) in [6, 6.07) is 10.9. The Labute approximate surface area is 237 Å². The highest BCUT2D eigenvalue weighted by Gasteiger charge is 2.44. The van der Waals surface area contributed by atoms with Gasteiger partial charge in [-0.3, -0.25) is 0 Å². The summed E-state index contributed by atoms with van der Waals surface area (Å²) in [6.45, 7) is 6.56. The van der Waals surface area contributed by atoms with E-state index in [1.807, 2.05) is 26.0 Å². The Kier molecular flexibility index (Phi) is 8.85. The highest BCUT2D eigenvalue weighted by atomic mass is 19.4. The first kappa shape index (κ1) is 31.3. The van der Waals surface area contributed by atoms with Crippen LogP contribution in [0.1, 0.15) is 44.7 Å². The lowest BCUT2D eigenvalue weighted by Gasteiger charge is -2.35. The molecule has 2 aromatic carbocycles. The third-order valence-electron chi connectivity index (χ3n) is 7.57. The molecular weight excluding hydrogens is 571 g/mol. The van der Waals surface area contributed by atoms with E-state index in [2.05, 4.69) is 4.74 Å². The average molecular weight is 599 g/mol. The Balaban J connectivity index is 1.59. The lowest BCUT2D eigenvalue weighted by atomic mass is 9.70. The fourth-order valence-electron chi connectivity index (χ4n) is 5.29. The Bertz CT molecular complexity index is 1510. The number of rotatable bonds is 6. The zero-order valence-electron chi connectivity index (χ0n) is 23.0. The van der Waals surface area contributed by atoms with Crippen molar-refractivity contribution < 1.29 is 44.3 Å². The van der Waals surface area contributed by atoms with Crippen molar-refractivity contribution in [2.45, 2.75) is 40.0 Å². The topological polar surface area (TPSA) is 9.23 Å². The van der Waals surface area contributed by atoms with Crippen LogP contribution < -0.4 is 0 Å². The van der Waals surface area contributed by atoms with E-state index in [9.17, 15) is 26.3 Å². The summed E-state index contributed by atoms with van der Waals surface area (Å²) in [5, 5.41) is 0. The van der Waals surface area contributed by atoms with Gasteiger partial charge in [0.05, 0.1) is 0 Å². The van der Waals surface area contributed by atoms with Crippen molar-refractivity contribution >= 4 is 5.83 Å². The van der Waals surface area contributed by atoms with E-state index in [1.54, 1.807) is 12.1 Å². The van der Waals surface area contributed by atoms with E-state index in [-0.39, 0.29) is 0 Å². The van der Waals surface area contributed by atoms with Gasteiger partial charge in [-0.25, -0.2) is 26.3 Å². The molecule has 2 aliphatic carbocycles. The predicted molar refractivity (Wildman–Crippen MR) is 142 cm³/mol. The molecule has 4 rings (SSSR count). The molecule has 10 heteroatoms. The van der Waals surface area contributed by atoms with Crippen molar-refractivity contribution in [3.8, 4) is 11.1 Å². The average Bonchev–Trinajstić information content (AvgIpc) is 2.92. The zero-order valence-corrected chi connectivity index (χ0v) is 23.0. The highest BCUT2D eigenvalue weighted by molar-refractivity contribution is 5.71. The van der Waals surface area contributed by atoms with Crippen LogP contribution in [-0.2, 0) is 4.74 Å². The maximum atomic E-state index is 15.3. The monoisotopic (exact) mass is 598 g/mol. The number of hydrogen-bond acceptors (Lipinski definition) is 1. The first-order valence-electron chi connectivity index (χ1n) is 13.2. The van der Waals surface area contributed by atoms with Gasteiger partial charge in [-0.2, -0.15) is 0 Å². The summed E-state index contributed by atoms with van der Waals surface area (Å²) in [4.78, 5) is 0. The quantitative estimate of drug-likeness (QED) is 0.301. The van der Waals surface area contributed by atoms with Crippen LogP contribution >= 0.6 is 0 Å². The standard InChI is InChI=1S/C32H27F9O/c1-15(2)18-5-7-19(8-6-18)20-9-10-22(24(33)12-20)30(38)29(37)21-11-16(3)27(25(34)13-21)23-14-26(35)31(28(36)17(23)4)42-32(39,40)41/h5-17,23,27H,1-4H3/b30-29+. The molecule has 0 saturated carbocycles. The minimum absolute atomic E-state index is 0.291. The highest BCUT2D eigenvalue weighted by Crippen LogP contribution is 2.48. The van der Waals surface area contributed by atoms with E-state index >= 15 is 13.2 Å². The van der Waals surface area contributed by atoms with Gasteiger partial charge in [0.1, 0.15) is 17.5 Å². The van der Waals surface area contributed by atoms with Crippen LogP contribution in [0, 0.1) is 29.5 Å². The van der Waals surface area contributed by atoms with Gasteiger partial charge in [0.15, 0.2) is 23.2 Å². The third-order valence-corrected chi connectivity index (χ3v) is 7.57.